The van der Waals surface area contributed by atoms with E-state index in [2.05, 4.69) is 36.4 Å². The van der Waals surface area contributed by atoms with Gasteiger partial charge in [0.15, 0.2) is 0 Å². The summed E-state index contributed by atoms with van der Waals surface area (Å²) in [6, 6.07) is 13.6. The van der Waals surface area contributed by atoms with Gasteiger partial charge in [0.05, 0.1) is 12.7 Å². The first-order valence-electron chi connectivity index (χ1n) is 10.3. The highest BCUT2D eigenvalue weighted by atomic mass is 35.5. The van der Waals surface area contributed by atoms with Crippen molar-refractivity contribution in [2.45, 2.75) is 38.1 Å². The molecule has 0 saturated heterocycles. The molecule has 31 heavy (non-hydrogen) atoms. The molecular weight excluding hydrogens is 412 g/mol. The van der Waals surface area contributed by atoms with E-state index in [1.807, 2.05) is 30.3 Å². The molecule has 158 valence electrons. The first-order valence-corrected chi connectivity index (χ1v) is 10.7. The number of halogens is 1. The van der Waals surface area contributed by atoms with E-state index in [0.717, 1.165) is 27.9 Å². The predicted molar refractivity (Wildman–Crippen MR) is 121 cm³/mol. The normalized spacial score (nSPS) is 19.7. The van der Waals surface area contributed by atoms with Crippen LogP contribution in [0.25, 0.3) is 0 Å². The molecule has 0 aliphatic carbocycles. The molecule has 0 bridgehead atoms. The minimum absolute atomic E-state index is 0.0738. The van der Waals surface area contributed by atoms with Crippen molar-refractivity contribution in [3.63, 3.8) is 0 Å². The van der Waals surface area contributed by atoms with Gasteiger partial charge in [0.2, 0.25) is 11.8 Å². The van der Waals surface area contributed by atoms with Crippen molar-refractivity contribution in [1.82, 2.24) is 9.78 Å². The van der Waals surface area contributed by atoms with Crippen molar-refractivity contribution < 1.29 is 9.59 Å². The van der Waals surface area contributed by atoms with Crippen molar-refractivity contribution in [2.24, 2.45) is 0 Å². The average Bonchev–Trinajstić information content (AvgIpc) is 3.23. The molecule has 0 saturated carbocycles. The fourth-order valence-electron chi connectivity index (χ4n) is 4.71. The third-order valence-electron chi connectivity index (χ3n) is 6.41. The van der Waals surface area contributed by atoms with Gasteiger partial charge in [-0.25, -0.2) is 4.68 Å². The lowest BCUT2D eigenvalue weighted by Gasteiger charge is -2.32. The van der Waals surface area contributed by atoms with Gasteiger partial charge in [-0.15, -0.1) is 0 Å². The van der Waals surface area contributed by atoms with Crippen molar-refractivity contribution >= 4 is 34.9 Å². The Bertz CT molecular complexity index is 1210. The summed E-state index contributed by atoms with van der Waals surface area (Å²) in [7, 11) is 1.77. The summed E-state index contributed by atoms with van der Waals surface area (Å²) in [5.74, 6) is 0.615. The Morgan fingerprint density at radius 1 is 1.13 bits per heavy atom. The third-order valence-corrected chi connectivity index (χ3v) is 6.66. The number of nitrogens with zero attached hydrogens (tertiary/aromatic N) is 3. The smallest absolute Gasteiger partial charge is 0.242 e. The molecule has 2 amide bonds. The zero-order valence-corrected chi connectivity index (χ0v) is 18.4. The van der Waals surface area contributed by atoms with Gasteiger partial charge in [0, 0.05) is 29.7 Å². The highest BCUT2D eigenvalue weighted by Gasteiger charge is 2.56. The monoisotopic (exact) mass is 434 g/mol. The molecular formula is C24H23ClN4O2. The molecule has 1 spiro atoms. The number of hydrogen-bond donors (Lipinski definition) is 1. The first kappa shape index (κ1) is 19.8. The van der Waals surface area contributed by atoms with Crippen LogP contribution in [0, 0.1) is 0 Å². The van der Waals surface area contributed by atoms with E-state index >= 15 is 0 Å². The van der Waals surface area contributed by atoms with Gasteiger partial charge in [-0.3, -0.25) is 9.59 Å². The molecule has 3 aromatic rings. The Morgan fingerprint density at radius 2 is 1.87 bits per heavy atom. The highest BCUT2D eigenvalue weighted by Crippen LogP contribution is 2.52. The number of rotatable bonds is 3. The maximum atomic E-state index is 13.6. The number of nitrogens with one attached hydrogen (secondary N) is 1. The van der Waals surface area contributed by atoms with Crippen LogP contribution in [0.2, 0.25) is 5.02 Å². The number of carbonyl (C=O) groups excluding carboxylic acids is 2. The minimum atomic E-state index is -1.05. The lowest BCUT2D eigenvalue weighted by atomic mass is 9.71. The topological polar surface area (TPSA) is 67.2 Å². The summed E-state index contributed by atoms with van der Waals surface area (Å²) in [6.07, 6.45) is 1.80. The van der Waals surface area contributed by atoms with Crippen LogP contribution in [0.1, 0.15) is 48.4 Å². The summed E-state index contributed by atoms with van der Waals surface area (Å²) >= 11 is 6.00. The van der Waals surface area contributed by atoms with Crippen LogP contribution >= 0.6 is 11.6 Å². The van der Waals surface area contributed by atoms with E-state index in [0.29, 0.717) is 23.3 Å². The number of amides is 2. The third kappa shape index (κ3) is 2.89. The molecule has 2 aromatic carbocycles. The minimum Gasteiger partial charge on any atom is -0.314 e. The van der Waals surface area contributed by atoms with Crippen LogP contribution in [0.3, 0.4) is 0 Å². The van der Waals surface area contributed by atoms with E-state index < -0.39 is 5.41 Å². The Labute approximate surface area is 185 Å². The summed E-state index contributed by atoms with van der Waals surface area (Å²) in [6.45, 7) is 4.71. The first-order chi connectivity index (χ1) is 14.8. The molecule has 3 heterocycles. The molecule has 5 rings (SSSR count). The summed E-state index contributed by atoms with van der Waals surface area (Å²) in [5.41, 5.74) is 3.57. The van der Waals surface area contributed by atoms with Crippen LogP contribution in [-0.4, -0.2) is 28.6 Å². The second-order valence-electron chi connectivity index (χ2n) is 8.62. The van der Waals surface area contributed by atoms with Gasteiger partial charge in [-0.2, -0.15) is 5.10 Å². The number of likely N-dealkylation sites (N-methyl/N-ethyl adjacent to an activating group) is 1. The number of aromatic nitrogens is 2. The Balaban J connectivity index is 1.67. The summed E-state index contributed by atoms with van der Waals surface area (Å²) < 4.78 is 1.74. The number of benzene rings is 2. The quantitative estimate of drug-likeness (QED) is 0.667. The van der Waals surface area contributed by atoms with E-state index in [9.17, 15) is 9.59 Å². The van der Waals surface area contributed by atoms with E-state index in [1.165, 1.54) is 0 Å². The fourth-order valence-corrected chi connectivity index (χ4v) is 4.84. The van der Waals surface area contributed by atoms with Gasteiger partial charge in [0.1, 0.15) is 11.2 Å². The lowest BCUT2D eigenvalue weighted by molar-refractivity contribution is -0.126. The molecule has 7 heteroatoms. The van der Waals surface area contributed by atoms with Gasteiger partial charge in [-0.1, -0.05) is 49.7 Å². The molecule has 2 aliphatic rings. The number of carbonyl (C=O) groups is 2. The average molecular weight is 435 g/mol. The maximum Gasteiger partial charge on any atom is 0.242 e. The zero-order chi connectivity index (χ0) is 21.9. The summed E-state index contributed by atoms with van der Waals surface area (Å²) in [4.78, 5) is 28.2. The lowest BCUT2D eigenvalue weighted by Crippen LogP contribution is -2.45. The molecule has 2 aliphatic heterocycles. The van der Waals surface area contributed by atoms with E-state index in [1.54, 1.807) is 22.8 Å². The van der Waals surface area contributed by atoms with Crippen LogP contribution in [0.5, 0.6) is 0 Å². The van der Waals surface area contributed by atoms with Gasteiger partial charge < -0.3 is 10.2 Å². The summed E-state index contributed by atoms with van der Waals surface area (Å²) in [5, 5.41) is 8.18. The molecule has 1 atom stereocenters. The van der Waals surface area contributed by atoms with Crippen molar-refractivity contribution in [1.29, 1.82) is 0 Å². The van der Waals surface area contributed by atoms with E-state index in [4.69, 9.17) is 11.6 Å². The SMILES string of the molecule is CC(C)c1ccc2c(c1)[C@]1(CC(=O)Nc3c1cnn3Cc1ccc(Cl)cc1)C(=O)N2C. The standard InChI is InChI=1S/C24H23ClN4O2/c1-14(2)16-6-9-20-18(10-16)24(23(31)28(20)3)11-21(30)27-22-19(24)12-26-29(22)13-15-4-7-17(25)8-5-15/h4-10,12,14H,11,13H2,1-3H3,(H,27,30)/t24-/m0/s1. The Hall–Kier alpha value is -3.12. The van der Waals surface area contributed by atoms with E-state index in [-0.39, 0.29) is 18.2 Å². The fraction of sp³-hybridized carbons (Fsp3) is 0.292. The van der Waals surface area contributed by atoms with Crippen LogP contribution in [0.15, 0.2) is 48.7 Å². The molecule has 0 fully saturated rings. The van der Waals surface area contributed by atoms with Crippen molar-refractivity contribution in [3.05, 3.63) is 75.9 Å². The second-order valence-corrected chi connectivity index (χ2v) is 9.05. The Kier molecular flexibility index (Phi) is 4.45. The molecule has 1 aromatic heterocycles. The van der Waals surface area contributed by atoms with Crippen molar-refractivity contribution in [2.75, 3.05) is 17.3 Å². The number of anilines is 2. The van der Waals surface area contributed by atoms with Gasteiger partial charge in [0.25, 0.3) is 0 Å². The van der Waals surface area contributed by atoms with Gasteiger partial charge >= 0.3 is 0 Å². The van der Waals surface area contributed by atoms with Crippen LogP contribution < -0.4 is 10.2 Å². The van der Waals surface area contributed by atoms with Crippen LogP contribution in [0.4, 0.5) is 11.5 Å². The Morgan fingerprint density at radius 3 is 2.58 bits per heavy atom. The predicted octanol–water partition coefficient (Wildman–Crippen LogP) is 4.31. The van der Waals surface area contributed by atoms with Gasteiger partial charge in [-0.05, 0) is 40.8 Å². The highest BCUT2D eigenvalue weighted by molar-refractivity contribution is 6.30. The molecule has 1 N–H and O–H groups in total. The van der Waals surface area contributed by atoms with Crippen molar-refractivity contribution in [3.8, 4) is 0 Å². The zero-order valence-electron chi connectivity index (χ0n) is 17.6. The number of hydrogen-bond acceptors (Lipinski definition) is 3. The number of fused-ring (bicyclic) bond motifs is 4. The molecule has 6 nitrogen and oxygen atoms in total. The van der Waals surface area contributed by atoms with Crippen LogP contribution in [-0.2, 0) is 21.5 Å². The maximum absolute atomic E-state index is 13.6. The molecule has 0 radical (unpaired) electrons. The largest absolute Gasteiger partial charge is 0.314 e. The molecule has 0 unspecified atom stereocenters. The second kappa shape index (κ2) is 6.95.